The van der Waals surface area contributed by atoms with E-state index in [1.807, 2.05) is 6.92 Å². The highest BCUT2D eigenvalue weighted by molar-refractivity contribution is 7.89. The topological polar surface area (TPSA) is 117 Å². The molecule has 2 aromatic rings. The van der Waals surface area contributed by atoms with E-state index in [0.717, 1.165) is 22.1 Å². The Morgan fingerprint density at radius 1 is 1.23 bits per heavy atom. The third-order valence-corrected chi connectivity index (χ3v) is 9.82. The van der Waals surface area contributed by atoms with E-state index < -0.39 is 50.3 Å². The molecule has 2 fully saturated rings. The maximum atomic E-state index is 13.9. The van der Waals surface area contributed by atoms with Crippen molar-refractivity contribution in [3.05, 3.63) is 42.0 Å². The van der Waals surface area contributed by atoms with Crippen LogP contribution in [-0.4, -0.2) is 84.0 Å². The number of likely N-dealkylation sites (tertiary alicyclic amines) is 1. The number of ether oxygens (including phenoxy) is 2. The van der Waals surface area contributed by atoms with Gasteiger partial charge in [-0.05, 0) is 37.5 Å². The molecule has 1 aromatic carbocycles. The maximum absolute atomic E-state index is 13.9. The van der Waals surface area contributed by atoms with Crippen LogP contribution in [0.25, 0.3) is 0 Å². The molecular weight excluding hydrogens is 551 g/mol. The molecule has 0 bridgehead atoms. The first-order chi connectivity index (χ1) is 19.0. The van der Waals surface area contributed by atoms with Gasteiger partial charge < -0.3 is 19.8 Å². The van der Waals surface area contributed by atoms with Gasteiger partial charge in [0.15, 0.2) is 0 Å². The lowest BCUT2D eigenvalue weighted by Crippen LogP contribution is -2.59. The number of nitrogens with one attached hydrogen (secondary N) is 2. The Balaban J connectivity index is 1.47. The van der Waals surface area contributed by atoms with E-state index in [-0.39, 0.29) is 25.3 Å². The summed E-state index contributed by atoms with van der Waals surface area (Å²) in [6, 6.07) is 1.35. The van der Waals surface area contributed by atoms with Gasteiger partial charge in [-0.15, -0.1) is 0 Å². The van der Waals surface area contributed by atoms with Gasteiger partial charge >= 0.3 is 6.18 Å². The lowest BCUT2D eigenvalue weighted by molar-refractivity contribution is -0.137. The van der Waals surface area contributed by atoms with Crippen molar-refractivity contribution < 1.29 is 35.9 Å². The molecule has 0 aliphatic carbocycles. The summed E-state index contributed by atoms with van der Waals surface area (Å²) in [5, 5.41) is 3.15. The minimum absolute atomic E-state index is 0.0294. The lowest BCUT2D eigenvalue weighted by atomic mass is 9.84. The Kier molecular flexibility index (Phi) is 8.15. The second kappa shape index (κ2) is 11.3. The van der Waals surface area contributed by atoms with Gasteiger partial charge in [0, 0.05) is 63.1 Å². The van der Waals surface area contributed by atoms with E-state index in [9.17, 15) is 26.4 Å². The number of nitrogens with zero attached hydrogens (tertiary/aromatic N) is 3. The third-order valence-electron chi connectivity index (χ3n) is 7.92. The Morgan fingerprint density at radius 2 is 2.00 bits per heavy atom. The Labute approximate surface area is 231 Å². The lowest BCUT2D eigenvalue weighted by Gasteiger charge is -2.43. The average Bonchev–Trinajstić information content (AvgIpc) is 3.58. The van der Waals surface area contributed by atoms with Crippen molar-refractivity contribution in [3.8, 4) is 5.75 Å². The number of halogens is 3. The number of rotatable bonds is 5. The Hall–Kier alpha value is -2.68. The number of sulfonamides is 1. The number of aromatic nitrogens is 2. The predicted molar refractivity (Wildman–Crippen MR) is 138 cm³/mol. The second-order valence-electron chi connectivity index (χ2n) is 10.7. The molecule has 14 heteroatoms. The maximum Gasteiger partial charge on any atom is 0.416 e. The van der Waals surface area contributed by atoms with Crippen LogP contribution in [0.2, 0.25) is 0 Å². The molecule has 0 saturated carbocycles. The minimum atomic E-state index is -4.75. The summed E-state index contributed by atoms with van der Waals surface area (Å²) in [6.45, 7) is 4.22. The molecule has 2 saturated heterocycles. The van der Waals surface area contributed by atoms with Crippen molar-refractivity contribution in [3.63, 3.8) is 0 Å². The molecule has 0 unspecified atom stereocenters. The normalized spacial score (nSPS) is 25.4. The smallest absolute Gasteiger partial charge is 0.416 e. The van der Waals surface area contributed by atoms with E-state index in [1.54, 1.807) is 12.5 Å². The zero-order valence-electron chi connectivity index (χ0n) is 22.2. The van der Waals surface area contributed by atoms with Gasteiger partial charge in [0.1, 0.15) is 16.7 Å². The second-order valence-corrected chi connectivity index (χ2v) is 12.6. The number of benzene rings is 1. The Bertz CT molecular complexity index is 1300. The molecule has 1 aromatic heterocycles. The molecule has 0 radical (unpaired) electrons. The molecule has 220 valence electrons. The predicted octanol–water partition coefficient (Wildman–Crippen LogP) is 2.92. The van der Waals surface area contributed by atoms with Crippen molar-refractivity contribution in [2.24, 2.45) is 0 Å². The molecule has 3 aliphatic rings. The first-order valence-electron chi connectivity index (χ1n) is 13.5. The molecule has 5 rings (SSSR count). The number of aromatic amines is 1. The molecular formula is C26H34F3N5O5S. The summed E-state index contributed by atoms with van der Waals surface area (Å²) in [5.74, 6) is -0.630. The third kappa shape index (κ3) is 5.99. The van der Waals surface area contributed by atoms with E-state index in [2.05, 4.69) is 20.2 Å². The fourth-order valence-electron chi connectivity index (χ4n) is 5.70. The fourth-order valence-corrected chi connectivity index (χ4v) is 7.49. The first kappa shape index (κ1) is 28.8. The van der Waals surface area contributed by atoms with Crippen LogP contribution in [0, 0.1) is 0 Å². The highest BCUT2D eigenvalue weighted by Crippen LogP contribution is 2.39. The van der Waals surface area contributed by atoms with Crippen LogP contribution in [-0.2, 0) is 32.3 Å². The number of H-pyrrole nitrogens is 1. The largest absolute Gasteiger partial charge is 0.492 e. The van der Waals surface area contributed by atoms with Crippen LogP contribution >= 0.6 is 0 Å². The number of carbonyl (C=O) groups is 1. The van der Waals surface area contributed by atoms with Crippen LogP contribution in [0.1, 0.15) is 50.3 Å². The number of hydrogen-bond donors (Lipinski definition) is 2. The standard InChI is InChI=1S/C26H34F3N5O5S/c1-2-10-38-20-13-21-24(35)32-25(5-8-33(9-6-25)15-19-14-30-17-31-19)7-11-39-22-4-3-18(26(27,28)29)12-23(22)40(36,37)34(21)16-20/h3-4,12,14,17,20-21H,2,5-11,13,15-16H2,1H3,(H,30,31)(H,32,35)/t20-,21+/m1/s1. The molecule has 3 aliphatic heterocycles. The number of alkyl halides is 3. The molecule has 10 nitrogen and oxygen atoms in total. The van der Waals surface area contributed by atoms with Crippen LogP contribution in [0.5, 0.6) is 5.75 Å². The summed E-state index contributed by atoms with van der Waals surface area (Å²) >= 11 is 0. The van der Waals surface area contributed by atoms with Crippen molar-refractivity contribution >= 4 is 15.9 Å². The molecule has 40 heavy (non-hydrogen) atoms. The molecule has 4 heterocycles. The number of imidazole rings is 1. The SMILES string of the molecule is CCCO[C@@H]1C[C@H]2C(=O)NC3(CCOc4ccc(C(F)(F)F)cc4S(=O)(=O)N2C1)CCN(Cc1cnc[nH]1)CC3. The van der Waals surface area contributed by atoms with Gasteiger partial charge in [0.25, 0.3) is 0 Å². The van der Waals surface area contributed by atoms with Gasteiger partial charge in [-0.2, -0.15) is 17.5 Å². The summed E-state index contributed by atoms with van der Waals surface area (Å²) in [6.07, 6.45) is 0.468. The Morgan fingerprint density at radius 3 is 2.67 bits per heavy atom. The number of piperidine rings is 1. The van der Waals surface area contributed by atoms with Crippen LogP contribution in [0.15, 0.2) is 35.6 Å². The van der Waals surface area contributed by atoms with E-state index in [1.165, 1.54) is 0 Å². The quantitative estimate of drug-likeness (QED) is 0.554. The van der Waals surface area contributed by atoms with Gasteiger partial charge in [-0.25, -0.2) is 13.4 Å². The minimum Gasteiger partial charge on any atom is -0.492 e. The zero-order chi connectivity index (χ0) is 28.5. The number of carbonyl (C=O) groups excluding carboxylic acids is 1. The summed E-state index contributed by atoms with van der Waals surface area (Å²) in [5.41, 5.74) is -0.783. The van der Waals surface area contributed by atoms with Crippen LogP contribution in [0.4, 0.5) is 13.2 Å². The molecule has 2 N–H and O–H groups in total. The van der Waals surface area contributed by atoms with E-state index in [4.69, 9.17) is 9.47 Å². The van der Waals surface area contributed by atoms with Crippen molar-refractivity contribution in [1.82, 2.24) is 24.5 Å². The highest BCUT2D eigenvalue weighted by Gasteiger charge is 2.48. The zero-order valence-corrected chi connectivity index (χ0v) is 23.1. The molecule has 1 spiro atoms. The number of amides is 1. The monoisotopic (exact) mass is 585 g/mol. The summed E-state index contributed by atoms with van der Waals surface area (Å²) < 4.78 is 81.1. The van der Waals surface area contributed by atoms with Crippen LogP contribution in [0.3, 0.4) is 0 Å². The summed E-state index contributed by atoms with van der Waals surface area (Å²) in [7, 11) is -4.54. The highest BCUT2D eigenvalue weighted by atomic mass is 32.2. The van der Waals surface area contributed by atoms with Gasteiger partial charge in [-0.1, -0.05) is 6.92 Å². The van der Waals surface area contributed by atoms with E-state index >= 15 is 0 Å². The van der Waals surface area contributed by atoms with Crippen LogP contribution < -0.4 is 10.1 Å². The fraction of sp³-hybridized carbons (Fsp3) is 0.615. The van der Waals surface area contributed by atoms with Crippen molar-refractivity contribution in [1.29, 1.82) is 0 Å². The van der Waals surface area contributed by atoms with Gasteiger partial charge in [0.2, 0.25) is 15.9 Å². The van der Waals surface area contributed by atoms with Crippen molar-refractivity contribution in [2.75, 3.05) is 32.8 Å². The number of fused-ring (bicyclic) bond motifs is 2. The van der Waals surface area contributed by atoms with Gasteiger partial charge in [0.05, 0.1) is 24.6 Å². The van der Waals surface area contributed by atoms with E-state index in [0.29, 0.717) is 58.0 Å². The first-order valence-corrected chi connectivity index (χ1v) is 14.9. The summed E-state index contributed by atoms with van der Waals surface area (Å²) in [4.78, 5) is 22.6. The van der Waals surface area contributed by atoms with Crippen molar-refractivity contribution in [2.45, 2.75) is 74.3 Å². The molecule has 1 amide bonds. The average molecular weight is 586 g/mol. The number of hydrogen-bond acceptors (Lipinski definition) is 7. The van der Waals surface area contributed by atoms with Gasteiger partial charge in [-0.3, -0.25) is 9.69 Å². The molecule has 2 atom stereocenters.